The van der Waals surface area contributed by atoms with Crippen molar-refractivity contribution in [3.8, 4) is 11.1 Å². The predicted molar refractivity (Wildman–Crippen MR) is 125 cm³/mol. The molecule has 0 amide bonds. The summed E-state index contributed by atoms with van der Waals surface area (Å²) in [4.78, 5) is 0. The second-order valence-electron chi connectivity index (χ2n) is 6.00. The third kappa shape index (κ3) is 5.14. The van der Waals surface area contributed by atoms with Gasteiger partial charge in [-0.2, -0.15) is 0 Å². The Bertz CT molecular complexity index is 726. The van der Waals surface area contributed by atoms with Gasteiger partial charge in [-0.05, 0) is 46.4 Å². The van der Waals surface area contributed by atoms with E-state index in [4.69, 9.17) is 0 Å². The normalized spacial score (nSPS) is 10.7. The Morgan fingerprint density at radius 3 is 1.69 bits per heavy atom. The molecule has 0 unspecified atom stereocenters. The van der Waals surface area contributed by atoms with Gasteiger partial charge in [-0.1, -0.05) is 88.7 Å². The Hall–Kier alpha value is -1.74. The molecule has 2 rings (SSSR count). The zero-order chi connectivity index (χ0) is 18.8. The molecule has 0 saturated carbocycles. The minimum absolute atomic E-state index is 0.326. The SMILES string of the molecule is C=CCP(CC=C)c1cccc(-c2ccccc2)c1P(CC=C)CC=C. The monoisotopic (exact) mass is 378 g/mol. The van der Waals surface area contributed by atoms with Crippen molar-refractivity contribution < 1.29 is 0 Å². The second kappa shape index (κ2) is 11.1. The first kappa shape index (κ1) is 20.6. The van der Waals surface area contributed by atoms with Crippen LogP contribution < -0.4 is 10.6 Å². The Morgan fingerprint density at radius 1 is 0.615 bits per heavy atom. The summed E-state index contributed by atoms with van der Waals surface area (Å²) in [7, 11) is -0.689. The van der Waals surface area contributed by atoms with Gasteiger partial charge in [-0.25, -0.2) is 0 Å². The molecule has 0 atom stereocenters. The van der Waals surface area contributed by atoms with Crippen LogP contribution in [0.5, 0.6) is 0 Å². The minimum atomic E-state index is -0.364. The third-order valence-electron chi connectivity index (χ3n) is 4.15. The molecule has 2 aromatic carbocycles. The van der Waals surface area contributed by atoms with Crippen molar-refractivity contribution >= 4 is 26.5 Å². The average molecular weight is 378 g/mol. The number of rotatable bonds is 11. The van der Waals surface area contributed by atoms with E-state index in [0.717, 1.165) is 24.6 Å². The molecule has 0 radical (unpaired) electrons. The van der Waals surface area contributed by atoms with Crippen LogP contribution in [0, 0.1) is 0 Å². The summed E-state index contributed by atoms with van der Waals surface area (Å²) in [5.41, 5.74) is 2.65. The van der Waals surface area contributed by atoms with Crippen LogP contribution in [0.25, 0.3) is 11.1 Å². The highest BCUT2D eigenvalue weighted by atomic mass is 31.1. The van der Waals surface area contributed by atoms with E-state index < -0.39 is 0 Å². The second-order valence-corrected chi connectivity index (χ2v) is 10.6. The van der Waals surface area contributed by atoms with E-state index in [9.17, 15) is 0 Å². The largest absolute Gasteiger partial charge is 0.103 e. The van der Waals surface area contributed by atoms with Gasteiger partial charge in [0.25, 0.3) is 0 Å². The van der Waals surface area contributed by atoms with E-state index in [-0.39, 0.29) is 15.8 Å². The quantitative estimate of drug-likeness (QED) is 0.317. The van der Waals surface area contributed by atoms with Crippen molar-refractivity contribution in [1.82, 2.24) is 0 Å². The Balaban J connectivity index is 2.70. The molecule has 0 saturated heterocycles. The third-order valence-corrected chi connectivity index (χ3v) is 9.29. The van der Waals surface area contributed by atoms with Crippen LogP contribution >= 0.6 is 15.8 Å². The van der Waals surface area contributed by atoms with Crippen molar-refractivity contribution in [3.63, 3.8) is 0 Å². The van der Waals surface area contributed by atoms with Gasteiger partial charge in [0, 0.05) is 0 Å². The van der Waals surface area contributed by atoms with Crippen LogP contribution in [0.2, 0.25) is 0 Å². The maximum absolute atomic E-state index is 4.01. The molecule has 0 aliphatic rings. The Kier molecular flexibility index (Phi) is 8.76. The first-order valence-corrected chi connectivity index (χ1v) is 12.3. The summed E-state index contributed by atoms with van der Waals surface area (Å²) in [6, 6.07) is 17.5. The summed E-state index contributed by atoms with van der Waals surface area (Å²) in [5.74, 6) is 0. The molecule has 0 spiro atoms. The van der Waals surface area contributed by atoms with Gasteiger partial charge in [-0.3, -0.25) is 0 Å². The maximum Gasteiger partial charge on any atom is -0.00794 e. The molecular weight excluding hydrogens is 350 g/mol. The van der Waals surface area contributed by atoms with Gasteiger partial charge in [0.05, 0.1) is 0 Å². The summed E-state index contributed by atoms with van der Waals surface area (Å²) < 4.78 is 0. The molecule has 0 heterocycles. The van der Waals surface area contributed by atoms with E-state index in [0.29, 0.717) is 0 Å². The average Bonchev–Trinajstić information content (AvgIpc) is 2.68. The van der Waals surface area contributed by atoms with Crippen molar-refractivity contribution in [1.29, 1.82) is 0 Å². The van der Waals surface area contributed by atoms with E-state index in [2.05, 4.69) is 99.2 Å². The van der Waals surface area contributed by atoms with Crippen LogP contribution in [0.3, 0.4) is 0 Å². The molecule has 0 nitrogen and oxygen atoms in total. The summed E-state index contributed by atoms with van der Waals surface area (Å²) >= 11 is 0. The lowest BCUT2D eigenvalue weighted by Crippen LogP contribution is -2.26. The van der Waals surface area contributed by atoms with Gasteiger partial charge in [0.1, 0.15) is 0 Å². The van der Waals surface area contributed by atoms with Crippen molar-refractivity contribution in [2.45, 2.75) is 0 Å². The molecule has 0 bridgehead atoms. The summed E-state index contributed by atoms with van der Waals surface area (Å²) in [6.07, 6.45) is 12.3. The van der Waals surface area contributed by atoms with Gasteiger partial charge < -0.3 is 0 Å². The fourth-order valence-corrected chi connectivity index (χ4v) is 7.93. The first-order valence-electron chi connectivity index (χ1n) is 8.88. The molecular formula is C24H28P2. The number of allylic oxidation sites excluding steroid dienone is 4. The topological polar surface area (TPSA) is 0 Å². The zero-order valence-corrected chi connectivity index (χ0v) is 17.3. The van der Waals surface area contributed by atoms with Crippen LogP contribution in [0.15, 0.2) is 99.2 Å². The minimum Gasteiger partial charge on any atom is -0.103 e. The summed E-state index contributed by atoms with van der Waals surface area (Å²) in [5, 5.41) is 3.01. The molecule has 2 heteroatoms. The maximum atomic E-state index is 4.01. The van der Waals surface area contributed by atoms with Crippen molar-refractivity contribution in [2.24, 2.45) is 0 Å². The van der Waals surface area contributed by atoms with Crippen LogP contribution in [-0.2, 0) is 0 Å². The van der Waals surface area contributed by atoms with Crippen LogP contribution in [0.4, 0.5) is 0 Å². The van der Waals surface area contributed by atoms with E-state index in [1.165, 1.54) is 21.7 Å². The highest BCUT2D eigenvalue weighted by Gasteiger charge is 2.21. The first-order chi connectivity index (χ1) is 12.8. The Labute approximate surface area is 161 Å². The molecule has 0 aliphatic heterocycles. The molecule has 134 valence electrons. The molecule has 0 aliphatic carbocycles. The molecule has 26 heavy (non-hydrogen) atoms. The molecule has 2 aromatic rings. The van der Waals surface area contributed by atoms with Crippen LogP contribution in [-0.4, -0.2) is 24.6 Å². The van der Waals surface area contributed by atoms with Gasteiger partial charge in [0.15, 0.2) is 0 Å². The lowest BCUT2D eigenvalue weighted by atomic mass is 10.1. The highest BCUT2D eigenvalue weighted by molar-refractivity contribution is 7.72. The fraction of sp³-hybridized carbons (Fsp3) is 0.167. The molecule has 0 fully saturated rings. The Morgan fingerprint density at radius 2 is 1.15 bits per heavy atom. The summed E-state index contributed by atoms with van der Waals surface area (Å²) in [6.45, 7) is 16.0. The van der Waals surface area contributed by atoms with E-state index in [1.54, 1.807) is 0 Å². The van der Waals surface area contributed by atoms with E-state index in [1.807, 2.05) is 0 Å². The zero-order valence-electron chi connectivity index (χ0n) is 15.5. The van der Waals surface area contributed by atoms with Crippen LogP contribution in [0.1, 0.15) is 0 Å². The number of hydrogen-bond acceptors (Lipinski definition) is 0. The molecule has 0 aromatic heterocycles. The lowest BCUT2D eigenvalue weighted by molar-refractivity contribution is 1.62. The van der Waals surface area contributed by atoms with E-state index >= 15 is 0 Å². The number of benzene rings is 2. The standard InChI is InChI=1S/C24H28P2/c1-5-17-25(18-6-2)23-16-12-15-22(21-13-10-9-11-14-21)24(23)26(19-7-3)20-8-4/h5-16H,1-4,17-20H2. The van der Waals surface area contributed by atoms with Crippen molar-refractivity contribution in [3.05, 3.63) is 99.2 Å². The highest BCUT2D eigenvalue weighted by Crippen LogP contribution is 2.43. The smallest absolute Gasteiger partial charge is 0.00794 e. The fourth-order valence-electron chi connectivity index (χ4n) is 3.12. The van der Waals surface area contributed by atoms with Gasteiger partial charge in [0.2, 0.25) is 0 Å². The van der Waals surface area contributed by atoms with Gasteiger partial charge >= 0.3 is 0 Å². The van der Waals surface area contributed by atoms with Crippen molar-refractivity contribution in [2.75, 3.05) is 24.6 Å². The van der Waals surface area contributed by atoms with Gasteiger partial charge in [-0.15, -0.1) is 26.3 Å². The predicted octanol–water partition coefficient (Wildman–Crippen LogP) is 6.31. The lowest BCUT2D eigenvalue weighted by Gasteiger charge is -2.27. The number of hydrogen-bond donors (Lipinski definition) is 0. The molecule has 0 N–H and O–H groups in total.